The highest BCUT2D eigenvalue weighted by atomic mass is 79.9. The Morgan fingerprint density at radius 3 is 2.74 bits per heavy atom. The van der Waals surface area contributed by atoms with Gasteiger partial charge >= 0.3 is 0 Å². The Morgan fingerprint density at radius 1 is 1.22 bits per heavy atom. The molecule has 0 bridgehead atoms. The highest BCUT2D eigenvalue weighted by molar-refractivity contribution is 9.10. The number of anilines is 2. The van der Waals surface area contributed by atoms with Crippen LogP contribution in [-0.2, 0) is 0 Å². The number of para-hydroxylation sites is 1. The molecule has 2 fully saturated rings. The molecular weight excluding hydrogens is 352 g/mol. The maximum Gasteiger partial charge on any atom is 0.225 e. The number of rotatable bonds is 6. The zero-order chi connectivity index (χ0) is 15.8. The van der Waals surface area contributed by atoms with Crippen LogP contribution >= 0.6 is 15.9 Å². The van der Waals surface area contributed by atoms with Gasteiger partial charge in [-0.3, -0.25) is 0 Å². The third kappa shape index (κ3) is 3.30. The summed E-state index contributed by atoms with van der Waals surface area (Å²) in [4.78, 5) is 9.49. The third-order valence-electron chi connectivity index (χ3n) is 5.14. The van der Waals surface area contributed by atoms with Crippen LogP contribution in [0.1, 0.15) is 39.0 Å². The number of fused-ring (bicyclic) bond motifs is 1. The van der Waals surface area contributed by atoms with Crippen LogP contribution in [0.3, 0.4) is 0 Å². The predicted octanol–water partition coefficient (Wildman–Crippen LogP) is 4.81. The SMILES string of the molecule is CC(Nc1nc(NCC2CCC2)nc2c(Br)cccc12)C1CC1. The maximum atomic E-state index is 4.77. The van der Waals surface area contributed by atoms with Gasteiger partial charge in [-0.25, -0.2) is 4.98 Å². The van der Waals surface area contributed by atoms with E-state index in [1.54, 1.807) is 0 Å². The molecular formula is C18H23BrN4. The van der Waals surface area contributed by atoms with Gasteiger partial charge in [-0.05, 0) is 72.5 Å². The first-order chi connectivity index (χ1) is 11.2. The fourth-order valence-electron chi connectivity index (χ4n) is 3.17. The summed E-state index contributed by atoms with van der Waals surface area (Å²) in [5, 5.41) is 8.14. The van der Waals surface area contributed by atoms with E-state index in [2.05, 4.69) is 39.6 Å². The Morgan fingerprint density at radius 2 is 2.04 bits per heavy atom. The molecule has 2 N–H and O–H groups in total. The lowest BCUT2D eigenvalue weighted by Gasteiger charge is -2.25. The Labute approximate surface area is 145 Å². The van der Waals surface area contributed by atoms with E-state index in [9.17, 15) is 0 Å². The Bertz CT molecular complexity index is 709. The van der Waals surface area contributed by atoms with Crippen LogP contribution in [-0.4, -0.2) is 22.6 Å². The number of nitrogens with zero attached hydrogens (tertiary/aromatic N) is 2. The summed E-state index contributed by atoms with van der Waals surface area (Å²) in [6, 6.07) is 6.65. The van der Waals surface area contributed by atoms with Crippen molar-refractivity contribution in [1.29, 1.82) is 0 Å². The zero-order valence-corrected chi connectivity index (χ0v) is 15.1. The summed E-state index contributed by atoms with van der Waals surface area (Å²) in [7, 11) is 0. The molecule has 23 heavy (non-hydrogen) atoms. The first-order valence-corrected chi connectivity index (χ1v) is 9.46. The van der Waals surface area contributed by atoms with Crippen molar-refractivity contribution >= 4 is 38.6 Å². The van der Waals surface area contributed by atoms with Crippen molar-refractivity contribution < 1.29 is 0 Å². The molecule has 0 radical (unpaired) electrons. The summed E-state index contributed by atoms with van der Waals surface area (Å²) in [6.07, 6.45) is 6.67. The van der Waals surface area contributed by atoms with Crippen LogP contribution in [0.2, 0.25) is 0 Å². The molecule has 2 aliphatic carbocycles. The van der Waals surface area contributed by atoms with Crippen LogP contribution in [0, 0.1) is 11.8 Å². The molecule has 1 atom stereocenters. The Balaban J connectivity index is 1.64. The minimum Gasteiger partial charge on any atom is -0.367 e. The van der Waals surface area contributed by atoms with E-state index in [1.165, 1.54) is 32.1 Å². The van der Waals surface area contributed by atoms with E-state index in [1.807, 2.05) is 12.1 Å². The first-order valence-electron chi connectivity index (χ1n) is 8.67. The molecule has 1 unspecified atom stereocenters. The zero-order valence-electron chi connectivity index (χ0n) is 13.5. The van der Waals surface area contributed by atoms with E-state index in [0.717, 1.165) is 45.5 Å². The normalized spacial score (nSPS) is 19.4. The molecule has 1 aromatic carbocycles. The van der Waals surface area contributed by atoms with Crippen LogP contribution in [0.25, 0.3) is 10.9 Å². The van der Waals surface area contributed by atoms with Crippen molar-refractivity contribution in [3.05, 3.63) is 22.7 Å². The average Bonchev–Trinajstić information content (AvgIpc) is 3.31. The summed E-state index contributed by atoms with van der Waals surface area (Å²) in [5.41, 5.74) is 0.976. The van der Waals surface area contributed by atoms with Gasteiger partial charge in [-0.1, -0.05) is 12.5 Å². The molecule has 122 valence electrons. The molecule has 4 rings (SSSR count). The first kappa shape index (κ1) is 15.2. The number of benzene rings is 1. The minimum atomic E-state index is 0.464. The molecule has 2 aliphatic rings. The molecule has 0 saturated heterocycles. The fraction of sp³-hybridized carbons (Fsp3) is 0.556. The van der Waals surface area contributed by atoms with E-state index in [4.69, 9.17) is 9.97 Å². The monoisotopic (exact) mass is 374 g/mol. The standard InChI is InChI=1S/C18H23BrN4/c1-11(13-8-9-13)21-17-14-6-3-7-15(19)16(14)22-18(23-17)20-10-12-4-2-5-12/h3,6-7,11-13H,2,4-5,8-10H2,1H3,(H2,20,21,22,23). The molecule has 1 aromatic heterocycles. The van der Waals surface area contributed by atoms with Gasteiger partial charge in [0.05, 0.1) is 5.52 Å². The maximum absolute atomic E-state index is 4.77. The largest absolute Gasteiger partial charge is 0.367 e. The smallest absolute Gasteiger partial charge is 0.225 e. The van der Waals surface area contributed by atoms with E-state index >= 15 is 0 Å². The summed E-state index contributed by atoms with van der Waals surface area (Å²) < 4.78 is 1.02. The van der Waals surface area contributed by atoms with Crippen LogP contribution in [0.5, 0.6) is 0 Å². The van der Waals surface area contributed by atoms with E-state index < -0.39 is 0 Å². The molecule has 5 heteroatoms. The minimum absolute atomic E-state index is 0.464. The lowest BCUT2D eigenvalue weighted by molar-refractivity contribution is 0.333. The Hall–Kier alpha value is -1.36. The number of aromatic nitrogens is 2. The fourth-order valence-corrected chi connectivity index (χ4v) is 3.62. The number of hydrogen-bond donors (Lipinski definition) is 2. The molecule has 0 spiro atoms. The van der Waals surface area contributed by atoms with E-state index in [-0.39, 0.29) is 0 Å². The second-order valence-electron chi connectivity index (χ2n) is 6.98. The molecule has 2 aromatic rings. The molecule has 0 aliphatic heterocycles. The Kier molecular flexibility index (Phi) is 4.14. The average molecular weight is 375 g/mol. The molecule has 4 nitrogen and oxygen atoms in total. The third-order valence-corrected chi connectivity index (χ3v) is 5.78. The van der Waals surface area contributed by atoms with Crippen LogP contribution < -0.4 is 10.6 Å². The van der Waals surface area contributed by atoms with Crippen molar-refractivity contribution in [3.8, 4) is 0 Å². The quantitative estimate of drug-likeness (QED) is 0.761. The topological polar surface area (TPSA) is 49.8 Å². The number of halogens is 1. The van der Waals surface area contributed by atoms with Gasteiger partial charge in [0.15, 0.2) is 0 Å². The van der Waals surface area contributed by atoms with Crippen molar-refractivity contribution in [2.75, 3.05) is 17.2 Å². The van der Waals surface area contributed by atoms with Crippen molar-refractivity contribution in [2.24, 2.45) is 11.8 Å². The summed E-state index contributed by atoms with van der Waals surface area (Å²) in [5.74, 6) is 3.27. The van der Waals surface area contributed by atoms with Gasteiger partial charge in [0.2, 0.25) is 5.95 Å². The van der Waals surface area contributed by atoms with Gasteiger partial charge < -0.3 is 10.6 Å². The molecule has 0 amide bonds. The van der Waals surface area contributed by atoms with E-state index in [0.29, 0.717) is 6.04 Å². The summed E-state index contributed by atoms with van der Waals surface area (Å²) in [6.45, 7) is 3.23. The predicted molar refractivity (Wildman–Crippen MR) is 98.9 cm³/mol. The van der Waals surface area contributed by atoms with Gasteiger partial charge in [0.25, 0.3) is 0 Å². The second-order valence-corrected chi connectivity index (χ2v) is 7.83. The molecule has 1 heterocycles. The summed E-state index contributed by atoms with van der Waals surface area (Å²) >= 11 is 3.63. The van der Waals surface area contributed by atoms with Crippen LogP contribution in [0.15, 0.2) is 22.7 Å². The van der Waals surface area contributed by atoms with Gasteiger partial charge in [-0.2, -0.15) is 4.98 Å². The lowest BCUT2D eigenvalue weighted by atomic mass is 9.85. The van der Waals surface area contributed by atoms with Crippen molar-refractivity contribution in [1.82, 2.24) is 9.97 Å². The van der Waals surface area contributed by atoms with Crippen molar-refractivity contribution in [3.63, 3.8) is 0 Å². The van der Waals surface area contributed by atoms with Crippen LogP contribution in [0.4, 0.5) is 11.8 Å². The van der Waals surface area contributed by atoms with Gasteiger partial charge in [0.1, 0.15) is 5.82 Å². The van der Waals surface area contributed by atoms with Gasteiger partial charge in [0, 0.05) is 22.4 Å². The molecule has 2 saturated carbocycles. The second kappa shape index (κ2) is 6.27. The highest BCUT2D eigenvalue weighted by Crippen LogP contribution is 2.35. The number of hydrogen-bond acceptors (Lipinski definition) is 4. The highest BCUT2D eigenvalue weighted by Gasteiger charge is 2.28. The lowest BCUT2D eigenvalue weighted by Crippen LogP contribution is -2.23. The van der Waals surface area contributed by atoms with Gasteiger partial charge in [-0.15, -0.1) is 0 Å². The van der Waals surface area contributed by atoms with Crippen molar-refractivity contribution in [2.45, 2.75) is 45.1 Å². The number of nitrogens with one attached hydrogen (secondary N) is 2.